The molecule has 0 aliphatic rings. The lowest BCUT2D eigenvalue weighted by Gasteiger charge is -2.13. The zero-order valence-electron chi connectivity index (χ0n) is 12.0. The molecule has 0 aromatic heterocycles. The van der Waals surface area contributed by atoms with E-state index in [1.807, 2.05) is 37.3 Å². The molecule has 1 amide bonds. The van der Waals surface area contributed by atoms with Gasteiger partial charge in [-0.2, -0.15) is 0 Å². The molecule has 0 fully saturated rings. The summed E-state index contributed by atoms with van der Waals surface area (Å²) in [6, 6.07) is 13.1. The van der Waals surface area contributed by atoms with Crippen LogP contribution in [0.25, 0.3) is 6.08 Å². The van der Waals surface area contributed by atoms with Crippen molar-refractivity contribution in [2.75, 3.05) is 0 Å². The van der Waals surface area contributed by atoms with E-state index in [2.05, 4.69) is 5.32 Å². The standard InChI is InChI=1S/C17H17NO4/c1-11(13-5-3-2-4-6-13)18-17(22)16(21)10-12-7-8-14(19)15(20)9-12/h2-11,19-21H,1H3,(H,18,22)/b16-10-/t11-/m0/s1. The Balaban J connectivity index is 2.08. The van der Waals surface area contributed by atoms with Gasteiger partial charge in [-0.1, -0.05) is 36.4 Å². The highest BCUT2D eigenvalue weighted by molar-refractivity contribution is 5.95. The molecule has 0 aliphatic heterocycles. The number of hydrogen-bond donors (Lipinski definition) is 4. The second kappa shape index (κ2) is 6.67. The number of benzene rings is 2. The predicted molar refractivity (Wildman–Crippen MR) is 83.4 cm³/mol. The van der Waals surface area contributed by atoms with Crippen LogP contribution in [-0.4, -0.2) is 21.2 Å². The van der Waals surface area contributed by atoms with Gasteiger partial charge in [0.05, 0.1) is 6.04 Å². The number of phenolic OH excluding ortho intramolecular Hbond substituents is 2. The first kappa shape index (κ1) is 15.4. The summed E-state index contributed by atoms with van der Waals surface area (Å²) in [5.41, 5.74) is 1.32. The van der Waals surface area contributed by atoms with Crippen LogP contribution in [0.3, 0.4) is 0 Å². The Labute approximate surface area is 128 Å². The topological polar surface area (TPSA) is 89.8 Å². The number of hydrogen-bond acceptors (Lipinski definition) is 4. The highest BCUT2D eigenvalue weighted by Gasteiger charge is 2.13. The van der Waals surface area contributed by atoms with Gasteiger partial charge in [0.2, 0.25) is 0 Å². The highest BCUT2D eigenvalue weighted by atomic mass is 16.3. The molecule has 0 spiro atoms. The Bertz CT molecular complexity index is 695. The van der Waals surface area contributed by atoms with E-state index in [-0.39, 0.29) is 17.5 Å². The molecule has 0 radical (unpaired) electrons. The summed E-state index contributed by atoms with van der Waals surface area (Å²) in [6.07, 6.45) is 1.21. The second-order valence-corrected chi connectivity index (χ2v) is 4.88. The molecule has 2 aromatic rings. The van der Waals surface area contributed by atoms with Crippen molar-refractivity contribution < 1.29 is 20.1 Å². The Morgan fingerprint density at radius 1 is 1.09 bits per heavy atom. The van der Waals surface area contributed by atoms with Crippen LogP contribution in [0.4, 0.5) is 0 Å². The number of aromatic hydroxyl groups is 2. The van der Waals surface area contributed by atoms with Crippen molar-refractivity contribution in [3.05, 3.63) is 65.4 Å². The molecule has 0 bridgehead atoms. The lowest BCUT2D eigenvalue weighted by Crippen LogP contribution is -2.27. The first-order chi connectivity index (χ1) is 10.5. The van der Waals surface area contributed by atoms with Crippen LogP contribution >= 0.6 is 0 Å². The van der Waals surface area contributed by atoms with E-state index in [0.717, 1.165) is 5.56 Å². The molecule has 4 N–H and O–H groups in total. The minimum absolute atomic E-state index is 0.252. The first-order valence-electron chi connectivity index (χ1n) is 6.76. The number of aliphatic hydroxyl groups excluding tert-OH is 1. The molecular formula is C17H17NO4. The minimum Gasteiger partial charge on any atom is -0.504 e. The van der Waals surface area contributed by atoms with E-state index in [0.29, 0.717) is 5.56 Å². The van der Waals surface area contributed by atoms with Crippen molar-refractivity contribution in [1.82, 2.24) is 5.32 Å². The maximum atomic E-state index is 11.9. The third-order valence-electron chi connectivity index (χ3n) is 3.18. The van der Waals surface area contributed by atoms with E-state index in [1.54, 1.807) is 0 Å². The normalized spacial score (nSPS) is 12.7. The molecule has 0 unspecified atom stereocenters. The van der Waals surface area contributed by atoms with Gasteiger partial charge in [0.25, 0.3) is 5.91 Å². The highest BCUT2D eigenvalue weighted by Crippen LogP contribution is 2.25. The van der Waals surface area contributed by atoms with Crippen molar-refractivity contribution in [3.63, 3.8) is 0 Å². The first-order valence-corrected chi connectivity index (χ1v) is 6.76. The van der Waals surface area contributed by atoms with Crippen LogP contribution in [0, 0.1) is 0 Å². The molecule has 2 aromatic carbocycles. The quantitative estimate of drug-likeness (QED) is 0.397. The third kappa shape index (κ3) is 3.79. The van der Waals surface area contributed by atoms with Crippen molar-refractivity contribution >= 4 is 12.0 Å². The number of carbonyl (C=O) groups excluding carboxylic acids is 1. The van der Waals surface area contributed by atoms with E-state index >= 15 is 0 Å². The van der Waals surface area contributed by atoms with Crippen molar-refractivity contribution in [2.45, 2.75) is 13.0 Å². The monoisotopic (exact) mass is 299 g/mol. The minimum atomic E-state index is -0.621. The summed E-state index contributed by atoms with van der Waals surface area (Å²) < 4.78 is 0. The van der Waals surface area contributed by atoms with Gasteiger partial charge in [-0.3, -0.25) is 4.79 Å². The van der Waals surface area contributed by atoms with Gasteiger partial charge >= 0.3 is 0 Å². The zero-order chi connectivity index (χ0) is 16.1. The molecule has 1 atom stereocenters. The van der Waals surface area contributed by atoms with Gasteiger partial charge in [-0.15, -0.1) is 0 Å². The average molecular weight is 299 g/mol. The summed E-state index contributed by atoms with van der Waals surface area (Å²) in [5, 5.41) is 31.1. The molecule has 5 heteroatoms. The fraction of sp³-hybridized carbons (Fsp3) is 0.118. The largest absolute Gasteiger partial charge is 0.504 e. The Hall–Kier alpha value is -2.95. The molecule has 22 heavy (non-hydrogen) atoms. The predicted octanol–water partition coefficient (Wildman–Crippen LogP) is 2.87. The SMILES string of the molecule is C[C@H](NC(=O)/C(O)=C/c1ccc(O)c(O)c1)c1ccccc1. The van der Waals surface area contributed by atoms with Crippen molar-refractivity contribution in [3.8, 4) is 11.5 Å². The summed E-state index contributed by atoms with van der Waals surface area (Å²) in [6.45, 7) is 1.81. The van der Waals surface area contributed by atoms with Crippen LogP contribution in [-0.2, 0) is 4.79 Å². The van der Waals surface area contributed by atoms with Gasteiger partial charge < -0.3 is 20.6 Å². The van der Waals surface area contributed by atoms with Crippen molar-refractivity contribution in [2.24, 2.45) is 0 Å². The lowest BCUT2D eigenvalue weighted by atomic mass is 10.1. The van der Waals surface area contributed by atoms with Gasteiger partial charge in [0.15, 0.2) is 17.3 Å². The van der Waals surface area contributed by atoms with Gasteiger partial charge in [-0.25, -0.2) is 0 Å². The van der Waals surface area contributed by atoms with E-state index < -0.39 is 11.7 Å². The van der Waals surface area contributed by atoms with E-state index in [1.165, 1.54) is 24.3 Å². The lowest BCUT2D eigenvalue weighted by molar-refractivity contribution is -0.120. The van der Waals surface area contributed by atoms with Gasteiger partial charge in [0.1, 0.15) is 0 Å². The summed E-state index contributed by atoms with van der Waals surface area (Å²) in [5.74, 6) is -1.69. The number of aliphatic hydroxyl groups is 1. The summed E-state index contributed by atoms with van der Waals surface area (Å²) in [7, 11) is 0. The maximum absolute atomic E-state index is 11.9. The fourth-order valence-corrected chi connectivity index (χ4v) is 1.95. The van der Waals surface area contributed by atoms with Crippen LogP contribution in [0.5, 0.6) is 11.5 Å². The number of rotatable bonds is 4. The molecule has 5 nitrogen and oxygen atoms in total. The van der Waals surface area contributed by atoms with Gasteiger partial charge in [0, 0.05) is 0 Å². The molecule has 2 rings (SSSR count). The second-order valence-electron chi connectivity index (χ2n) is 4.88. The van der Waals surface area contributed by atoms with Crippen LogP contribution in [0.15, 0.2) is 54.3 Å². The Kier molecular flexibility index (Phi) is 4.68. The number of carbonyl (C=O) groups is 1. The molecule has 0 aliphatic carbocycles. The van der Waals surface area contributed by atoms with Crippen molar-refractivity contribution in [1.29, 1.82) is 0 Å². The molecule has 0 heterocycles. The fourth-order valence-electron chi connectivity index (χ4n) is 1.95. The Morgan fingerprint density at radius 3 is 2.41 bits per heavy atom. The summed E-state index contributed by atoms with van der Waals surface area (Å²) in [4.78, 5) is 11.9. The molecule has 114 valence electrons. The van der Waals surface area contributed by atoms with Crippen LogP contribution in [0.1, 0.15) is 24.1 Å². The van der Waals surface area contributed by atoms with E-state index in [4.69, 9.17) is 0 Å². The zero-order valence-corrected chi connectivity index (χ0v) is 12.0. The van der Waals surface area contributed by atoms with Gasteiger partial charge in [-0.05, 0) is 36.3 Å². The van der Waals surface area contributed by atoms with E-state index in [9.17, 15) is 20.1 Å². The Morgan fingerprint density at radius 2 is 1.77 bits per heavy atom. The van der Waals surface area contributed by atoms with Crippen LogP contribution < -0.4 is 5.32 Å². The van der Waals surface area contributed by atoms with Crippen LogP contribution in [0.2, 0.25) is 0 Å². The number of nitrogens with one attached hydrogen (secondary N) is 1. The average Bonchev–Trinajstić information content (AvgIpc) is 2.51. The number of phenols is 2. The molecular weight excluding hydrogens is 282 g/mol. The smallest absolute Gasteiger partial charge is 0.286 e. The molecule has 0 saturated heterocycles. The molecule has 0 saturated carbocycles. The maximum Gasteiger partial charge on any atom is 0.286 e. The number of amides is 1. The third-order valence-corrected chi connectivity index (χ3v) is 3.18. The summed E-state index contributed by atoms with van der Waals surface area (Å²) >= 11 is 0.